The van der Waals surface area contributed by atoms with Crippen LogP contribution in [0.2, 0.25) is 18.1 Å². The van der Waals surface area contributed by atoms with Gasteiger partial charge in [-0.2, -0.15) is 0 Å². The zero-order valence-corrected chi connectivity index (χ0v) is 26.8. The molecule has 0 bridgehead atoms. The molecule has 1 aliphatic carbocycles. The van der Waals surface area contributed by atoms with Crippen molar-refractivity contribution in [3.8, 4) is 0 Å². The fraction of sp³-hybridized carbons (Fsp3) is 0.577. The van der Waals surface area contributed by atoms with E-state index in [1.807, 2.05) is 0 Å². The molecule has 1 N–H and O–H groups in total. The smallest absolute Gasteiger partial charge is 0.192 e. The topological polar surface area (TPSA) is 34.2 Å². The lowest BCUT2D eigenvalue weighted by molar-refractivity contribution is 0.191. The number of hydrogen-bond acceptors (Lipinski definition) is 4. The molecule has 0 saturated carbocycles. The van der Waals surface area contributed by atoms with Gasteiger partial charge in [0.25, 0.3) is 0 Å². The molecule has 0 radical (unpaired) electrons. The van der Waals surface area contributed by atoms with Gasteiger partial charge in [0.1, 0.15) is 16.2 Å². The zero-order chi connectivity index (χ0) is 26.3. The lowest BCUT2D eigenvalue weighted by Gasteiger charge is -2.38. The second-order valence-corrected chi connectivity index (χ2v) is 19.8. The number of rotatable bonds is 7. The summed E-state index contributed by atoms with van der Waals surface area (Å²) < 4.78 is 39.8. The SMILES string of the molecule is CC(C)(C)SN[C@@H](Cc1cc(F)cc(F)c1)c1nc(Br)c2c(c1Br)CC(O[Si](C)(C)C(C)(C)C)C2. The number of halogens is 4. The van der Waals surface area contributed by atoms with E-state index in [1.165, 1.54) is 23.3 Å². The Morgan fingerprint density at radius 1 is 1.06 bits per heavy atom. The molecule has 1 unspecified atom stereocenters. The molecular weight excluding hydrogens is 614 g/mol. The van der Waals surface area contributed by atoms with Crippen LogP contribution >= 0.6 is 43.8 Å². The molecule has 2 aromatic rings. The van der Waals surface area contributed by atoms with Gasteiger partial charge in [-0.15, -0.1) is 0 Å². The van der Waals surface area contributed by atoms with Crippen LogP contribution in [0.15, 0.2) is 27.3 Å². The zero-order valence-electron chi connectivity index (χ0n) is 21.8. The summed E-state index contributed by atoms with van der Waals surface area (Å²) in [5, 5.41) is 0.138. The highest BCUT2D eigenvalue weighted by atomic mass is 79.9. The first-order valence-electron chi connectivity index (χ1n) is 11.9. The second-order valence-electron chi connectivity index (χ2n) is 11.8. The molecule has 9 heteroatoms. The van der Waals surface area contributed by atoms with Crippen molar-refractivity contribution in [1.29, 1.82) is 0 Å². The molecule has 1 aromatic heterocycles. The molecule has 35 heavy (non-hydrogen) atoms. The van der Waals surface area contributed by atoms with Crippen LogP contribution in [-0.2, 0) is 23.7 Å². The molecule has 0 aliphatic heterocycles. The van der Waals surface area contributed by atoms with Crippen LogP contribution in [0.5, 0.6) is 0 Å². The number of fused-ring (bicyclic) bond motifs is 1. The number of nitrogens with one attached hydrogen (secondary N) is 1. The maximum absolute atomic E-state index is 13.9. The minimum atomic E-state index is -1.91. The maximum Gasteiger partial charge on any atom is 0.192 e. The van der Waals surface area contributed by atoms with Crippen molar-refractivity contribution in [1.82, 2.24) is 9.71 Å². The monoisotopic (exact) mass is 648 g/mol. The lowest BCUT2D eigenvalue weighted by Crippen LogP contribution is -2.44. The maximum atomic E-state index is 13.9. The summed E-state index contributed by atoms with van der Waals surface area (Å²) in [5.74, 6) is -1.15. The second kappa shape index (κ2) is 10.8. The van der Waals surface area contributed by atoms with Gasteiger partial charge in [0.15, 0.2) is 8.32 Å². The first-order valence-corrected chi connectivity index (χ1v) is 17.2. The highest BCUT2D eigenvalue weighted by Crippen LogP contribution is 2.43. The highest BCUT2D eigenvalue weighted by Gasteiger charge is 2.41. The van der Waals surface area contributed by atoms with Gasteiger partial charge in [-0.3, -0.25) is 4.72 Å². The van der Waals surface area contributed by atoms with Crippen molar-refractivity contribution >= 4 is 52.1 Å². The minimum absolute atomic E-state index is 0.0476. The molecular formula is C26H36Br2F2N2OSSi. The molecule has 0 fully saturated rings. The Bertz CT molecular complexity index is 1070. The number of benzene rings is 1. The number of aromatic nitrogens is 1. The molecule has 1 heterocycles. The molecule has 0 amide bonds. The summed E-state index contributed by atoms with van der Waals surface area (Å²) in [7, 11) is -1.91. The fourth-order valence-corrected chi connectivity index (χ4v) is 7.30. The standard InChI is InChI=1S/C26H36Br2F2N2OSSi/c1-25(2,3)34-32-21(11-15-9-16(29)12-17(30)10-15)23-22(27)19-13-18(14-20(19)24(28)31-23)33-35(7,8)26(4,5)6/h9-10,12,18,21,32H,11,13-14H2,1-8H3/t18?,21-/m0/s1. The molecule has 3 nitrogen and oxygen atoms in total. The van der Waals surface area contributed by atoms with Gasteiger partial charge in [-0.25, -0.2) is 13.8 Å². The van der Waals surface area contributed by atoms with Crippen LogP contribution in [0.25, 0.3) is 0 Å². The van der Waals surface area contributed by atoms with Crippen molar-refractivity contribution in [3.05, 3.63) is 61.3 Å². The quantitative estimate of drug-likeness (QED) is 0.185. The first kappa shape index (κ1) is 29.2. The predicted molar refractivity (Wildman–Crippen MR) is 152 cm³/mol. The Hall–Kier alpha value is -0.323. The van der Waals surface area contributed by atoms with Gasteiger partial charge in [-0.05, 0) is 112 Å². The van der Waals surface area contributed by atoms with E-state index in [4.69, 9.17) is 9.41 Å². The van der Waals surface area contributed by atoms with E-state index in [0.29, 0.717) is 12.0 Å². The summed E-state index contributed by atoms with van der Waals surface area (Å²) in [6.45, 7) is 17.7. The third-order valence-electron chi connectivity index (χ3n) is 6.65. The molecule has 2 atom stereocenters. The van der Waals surface area contributed by atoms with E-state index in [2.05, 4.69) is 91.2 Å². The van der Waals surface area contributed by atoms with Crippen LogP contribution < -0.4 is 4.72 Å². The Kier molecular flexibility index (Phi) is 9.03. The lowest BCUT2D eigenvalue weighted by atomic mass is 10.0. The highest BCUT2D eigenvalue weighted by molar-refractivity contribution is 9.11. The molecule has 1 aromatic carbocycles. The van der Waals surface area contributed by atoms with Crippen LogP contribution in [0.1, 0.15) is 70.0 Å². The van der Waals surface area contributed by atoms with Crippen LogP contribution in [0.4, 0.5) is 8.78 Å². The van der Waals surface area contributed by atoms with E-state index < -0.39 is 20.0 Å². The average molecular weight is 651 g/mol. The van der Waals surface area contributed by atoms with Gasteiger partial charge in [0, 0.05) is 21.7 Å². The van der Waals surface area contributed by atoms with Crippen molar-refractivity contribution in [2.24, 2.45) is 0 Å². The number of hydrogen-bond donors (Lipinski definition) is 1. The summed E-state index contributed by atoms with van der Waals surface area (Å²) in [6, 6.07) is 3.42. The van der Waals surface area contributed by atoms with E-state index in [0.717, 1.165) is 33.7 Å². The Morgan fingerprint density at radius 3 is 2.17 bits per heavy atom. The number of nitrogens with zero attached hydrogens (tertiary/aromatic N) is 1. The van der Waals surface area contributed by atoms with Gasteiger partial charge in [-0.1, -0.05) is 32.7 Å². The minimum Gasteiger partial charge on any atom is -0.413 e. The Morgan fingerprint density at radius 2 is 1.63 bits per heavy atom. The Balaban J connectivity index is 1.95. The third kappa shape index (κ3) is 7.38. The normalized spacial score (nSPS) is 17.5. The van der Waals surface area contributed by atoms with Crippen LogP contribution in [-0.4, -0.2) is 24.2 Å². The van der Waals surface area contributed by atoms with E-state index in [-0.39, 0.29) is 21.9 Å². The van der Waals surface area contributed by atoms with Gasteiger partial charge < -0.3 is 4.43 Å². The molecule has 194 valence electrons. The molecule has 0 spiro atoms. The van der Waals surface area contributed by atoms with E-state index in [1.54, 1.807) is 11.9 Å². The Labute approximate surface area is 231 Å². The molecule has 3 rings (SSSR count). The summed E-state index contributed by atoms with van der Waals surface area (Å²) in [5.41, 5.74) is 3.77. The average Bonchev–Trinajstić information content (AvgIpc) is 3.10. The van der Waals surface area contributed by atoms with Crippen LogP contribution in [0, 0.1) is 11.6 Å². The van der Waals surface area contributed by atoms with Crippen molar-refractivity contribution in [2.45, 2.75) is 95.8 Å². The third-order valence-corrected chi connectivity index (χ3v) is 13.7. The summed E-state index contributed by atoms with van der Waals surface area (Å²) >= 11 is 9.16. The van der Waals surface area contributed by atoms with Gasteiger partial charge in [0.2, 0.25) is 0 Å². The fourth-order valence-electron chi connectivity index (χ4n) is 3.90. The summed E-state index contributed by atoms with van der Waals surface area (Å²) in [4.78, 5) is 4.93. The van der Waals surface area contributed by atoms with E-state index in [9.17, 15) is 8.78 Å². The summed E-state index contributed by atoms with van der Waals surface area (Å²) in [6.07, 6.45) is 2.14. The van der Waals surface area contributed by atoms with Crippen LogP contribution in [0.3, 0.4) is 0 Å². The molecule has 1 aliphatic rings. The largest absolute Gasteiger partial charge is 0.413 e. The predicted octanol–water partition coefficient (Wildman–Crippen LogP) is 8.69. The van der Waals surface area contributed by atoms with Crippen molar-refractivity contribution in [2.75, 3.05) is 0 Å². The van der Waals surface area contributed by atoms with Gasteiger partial charge >= 0.3 is 0 Å². The van der Waals surface area contributed by atoms with Crippen molar-refractivity contribution < 1.29 is 13.2 Å². The van der Waals surface area contributed by atoms with Gasteiger partial charge in [0.05, 0.1) is 17.8 Å². The molecule has 0 saturated heterocycles. The van der Waals surface area contributed by atoms with E-state index >= 15 is 0 Å². The number of pyridine rings is 1. The van der Waals surface area contributed by atoms with Crippen molar-refractivity contribution in [3.63, 3.8) is 0 Å². The first-order chi connectivity index (χ1) is 16.0.